The predicted molar refractivity (Wildman–Crippen MR) is 108 cm³/mol. The summed E-state index contributed by atoms with van der Waals surface area (Å²) in [6.07, 6.45) is 3.24. The number of para-hydroxylation sites is 1. The molecular formula is C19H16ClN3O3S. The molecule has 138 valence electrons. The maximum absolute atomic E-state index is 12.7. The summed E-state index contributed by atoms with van der Waals surface area (Å²) in [7, 11) is -0.736. The van der Waals surface area contributed by atoms with E-state index in [0.29, 0.717) is 27.4 Å². The molecule has 3 aromatic rings. The van der Waals surface area contributed by atoms with Crippen molar-refractivity contribution in [3.05, 3.63) is 64.8 Å². The third-order valence-electron chi connectivity index (χ3n) is 4.48. The van der Waals surface area contributed by atoms with Gasteiger partial charge in [0.25, 0.3) is 5.91 Å². The molecule has 1 aliphatic rings. The third-order valence-corrected chi connectivity index (χ3v) is 6.44. The number of aromatic nitrogens is 1. The minimum absolute atomic E-state index is 0.250. The third kappa shape index (κ3) is 2.84. The zero-order valence-corrected chi connectivity index (χ0v) is 16.2. The summed E-state index contributed by atoms with van der Waals surface area (Å²) in [4.78, 5) is 12.4. The molecule has 0 bridgehead atoms. The van der Waals surface area contributed by atoms with Crippen molar-refractivity contribution in [2.24, 2.45) is 0 Å². The molecule has 1 N–H and O–H groups in total. The van der Waals surface area contributed by atoms with Crippen molar-refractivity contribution in [3.63, 3.8) is 0 Å². The molecule has 4 rings (SSSR count). The molecule has 0 aliphatic carbocycles. The molecule has 1 aromatic heterocycles. The lowest BCUT2D eigenvalue weighted by molar-refractivity contribution is -0.110. The normalized spacial score (nSPS) is 15.6. The second kappa shape index (κ2) is 6.23. The van der Waals surface area contributed by atoms with Crippen LogP contribution < -0.4 is 5.32 Å². The predicted octanol–water partition coefficient (Wildman–Crippen LogP) is 3.44. The summed E-state index contributed by atoms with van der Waals surface area (Å²) in [5.74, 6) is -0.250. The Bertz CT molecular complexity index is 1230. The topological polar surface area (TPSA) is 71.4 Å². The van der Waals surface area contributed by atoms with E-state index >= 15 is 0 Å². The summed E-state index contributed by atoms with van der Waals surface area (Å²) in [5, 5.41) is 4.06. The zero-order chi connectivity index (χ0) is 19.3. The number of anilines is 1. The highest BCUT2D eigenvalue weighted by atomic mass is 35.5. The number of halogens is 1. The van der Waals surface area contributed by atoms with E-state index in [1.807, 2.05) is 12.1 Å². The summed E-state index contributed by atoms with van der Waals surface area (Å²) < 4.78 is 27.7. The minimum atomic E-state index is -3.69. The first-order valence-electron chi connectivity index (χ1n) is 8.15. The van der Waals surface area contributed by atoms with Crippen LogP contribution in [0.3, 0.4) is 0 Å². The van der Waals surface area contributed by atoms with Gasteiger partial charge < -0.3 is 5.32 Å². The number of nitrogens with zero attached hydrogens (tertiary/aromatic N) is 2. The lowest BCUT2D eigenvalue weighted by atomic mass is 10.0. The molecule has 0 atom stereocenters. The van der Waals surface area contributed by atoms with Crippen molar-refractivity contribution in [1.29, 1.82) is 0 Å². The van der Waals surface area contributed by atoms with Crippen molar-refractivity contribution in [1.82, 2.24) is 8.28 Å². The molecule has 27 heavy (non-hydrogen) atoms. The van der Waals surface area contributed by atoms with E-state index in [2.05, 4.69) is 5.32 Å². The Morgan fingerprint density at radius 3 is 2.63 bits per heavy atom. The number of benzene rings is 2. The van der Waals surface area contributed by atoms with E-state index in [9.17, 15) is 13.2 Å². The van der Waals surface area contributed by atoms with Crippen LogP contribution in [-0.2, 0) is 15.0 Å². The fourth-order valence-electron chi connectivity index (χ4n) is 3.12. The largest absolute Gasteiger partial charge is 0.321 e. The summed E-state index contributed by atoms with van der Waals surface area (Å²) in [6.45, 7) is 0. The number of hydrogen-bond acceptors (Lipinski definition) is 3. The van der Waals surface area contributed by atoms with Gasteiger partial charge >= 0.3 is 10.2 Å². The molecule has 2 aromatic carbocycles. The molecule has 8 heteroatoms. The fourth-order valence-corrected chi connectivity index (χ4v) is 4.30. The van der Waals surface area contributed by atoms with E-state index in [1.165, 1.54) is 24.3 Å². The van der Waals surface area contributed by atoms with E-state index in [4.69, 9.17) is 11.6 Å². The number of nitrogens with one attached hydrogen (secondary N) is 1. The molecule has 1 amide bonds. The van der Waals surface area contributed by atoms with E-state index in [-0.39, 0.29) is 5.91 Å². The van der Waals surface area contributed by atoms with Crippen LogP contribution in [0.25, 0.3) is 22.6 Å². The van der Waals surface area contributed by atoms with Gasteiger partial charge in [-0.1, -0.05) is 35.9 Å². The van der Waals surface area contributed by atoms with Crippen LogP contribution in [0.2, 0.25) is 5.02 Å². The standard InChI is InChI=1S/C19H16ClN3O3S/c1-22(2)27(25,26)23-11-12(14-5-3-4-6-18(14)23)9-16-15-8-7-13(20)10-17(15)21-19(16)24/h3-11H,1-2H3,(H,21,24). The Labute approximate surface area is 161 Å². The Balaban J connectivity index is 1.95. The van der Waals surface area contributed by atoms with Crippen LogP contribution in [0, 0.1) is 0 Å². The second-order valence-electron chi connectivity index (χ2n) is 6.39. The van der Waals surface area contributed by atoms with Crippen LogP contribution in [0.4, 0.5) is 5.69 Å². The first-order valence-corrected chi connectivity index (χ1v) is 9.92. The Kier molecular flexibility index (Phi) is 4.10. The number of fused-ring (bicyclic) bond motifs is 2. The minimum Gasteiger partial charge on any atom is -0.321 e. The van der Waals surface area contributed by atoms with Gasteiger partial charge in [0.15, 0.2) is 0 Å². The SMILES string of the molecule is CN(C)S(=O)(=O)n1cc(C=C2C(=O)Nc3cc(Cl)ccc32)c2ccccc21. The fraction of sp³-hybridized carbons (Fsp3) is 0.105. The van der Waals surface area contributed by atoms with E-state index in [1.54, 1.807) is 36.4 Å². The molecule has 0 spiro atoms. The number of rotatable bonds is 3. The number of carbonyl (C=O) groups is 1. The van der Waals surface area contributed by atoms with Crippen LogP contribution in [-0.4, -0.2) is 36.7 Å². The molecule has 0 saturated carbocycles. The first kappa shape index (κ1) is 17.8. The van der Waals surface area contributed by atoms with Crippen molar-refractivity contribution >= 4 is 56.0 Å². The Morgan fingerprint density at radius 1 is 1.15 bits per heavy atom. The van der Waals surface area contributed by atoms with Crippen LogP contribution in [0.1, 0.15) is 11.1 Å². The smallest absolute Gasteiger partial charge is 0.307 e. The Hall–Kier alpha value is -2.61. The van der Waals surface area contributed by atoms with Gasteiger partial charge in [-0.05, 0) is 24.3 Å². The number of amides is 1. The van der Waals surface area contributed by atoms with Crippen molar-refractivity contribution in [2.45, 2.75) is 0 Å². The highest BCUT2D eigenvalue weighted by Crippen LogP contribution is 2.36. The van der Waals surface area contributed by atoms with E-state index < -0.39 is 10.2 Å². The molecule has 6 nitrogen and oxygen atoms in total. The van der Waals surface area contributed by atoms with Gasteiger partial charge in [-0.3, -0.25) is 4.79 Å². The molecule has 1 aliphatic heterocycles. The molecule has 2 heterocycles. The molecule has 0 fully saturated rings. The van der Waals surface area contributed by atoms with Gasteiger partial charge in [0, 0.05) is 47.4 Å². The average molecular weight is 402 g/mol. The quantitative estimate of drug-likeness (QED) is 0.683. The Morgan fingerprint density at radius 2 is 1.89 bits per heavy atom. The first-order chi connectivity index (χ1) is 12.8. The van der Waals surface area contributed by atoms with Gasteiger partial charge in [-0.25, -0.2) is 3.97 Å². The van der Waals surface area contributed by atoms with Crippen LogP contribution in [0.15, 0.2) is 48.7 Å². The lowest BCUT2D eigenvalue weighted by Crippen LogP contribution is -2.28. The average Bonchev–Trinajstić information content (AvgIpc) is 3.13. The second-order valence-corrected chi connectivity index (χ2v) is 8.85. The van der Waals surface area contributed by atoms with Crippen molar-refractivity contribution in [2.75, 3.05) is 19.4 Å². The monoisotopic (exact) mass is 401 g/mol. The zero-order valence-electron chi connectivity index (χ0n) is 14.6. The van der Waals surface area contributed by atoms with Crippen LogP contribution in [0.5, 0.6) is 0 Å². The van der Waals surface area contributed by atoms with Gasteiger partial charge in [0.1, 0.15) is 0 Å². The lowest BCUT2D eigenvalue weighted by Gasteiger charge is -2.12. The molecule has 0 radical (unpaired) electrons. The summed E-state index contributed by atoms with van der Waals surface area (Å²) in [6, 6.07) is 12.4. The van der Waals surface area contributed by atoms with Gasteiger partial charge in [-0.15, -0.1) is 0 Å². The van der Waals surface area contributed by atoms with Gasteiger partial charge in [0.2, 0.25) is 0 Å². The maximum Gasteiger partial charge on any atom is 0.307 e. The molecule has 0 saturated heterocycles. The van der Waals surface area contributed by atoms with Crippen LogP contribution >= 0.6 is 11.6 Å². The van der Waals surface area contributed by atoms with Gasteiger partial charge in [-0.2, -0.15) is 12.7 Å². The van der Waals surface area contributed by atoms with Gasteiger partial charge in [0.05, 0.1) is 11.2 Å². The highest BCUT2D eigenvalue weighted by Gasteiger charge is 2.26. The number of hydrogen-bond donors (Lipinski definition) is 1. The molecule has 0 unspecified atom stereocenters. The van der Waals surface area contributed by atoms with Crippen molar-refractivity contribution < 1.29 is 13.2 Å². The number of carbonyl (C=O) groups excluding carboxylic acids is 1. The maximum atomic E-state index is 12.7. The summed E-state index contributed by atoms with van der Waals surface area (Å²) >= 11 is 5.99. The van der Waals surface area contributed by atoms with Crippen molar-refractivity contribution in [3.8, 4) is 0 Å². The summed E-state index contributed by atoms with van der Waals surface area (Å²) in [5.41, 5.74) is 3.03. The highest BCUT2D eigenvalue weighted by molar-refractivity contribution is 7.87. The van der Waals surface area contributed by atoms with E-state index in [0.717, 1.165) is 15.3 Å². The molecular weight excluding hydrogens is 386 g/mol.